The molecule has 2 nitrogen and oxygen atoms in total. The lowest BCUT2D eigenvalue weighted by atomic mass is 9.92. The molecule has 0 saturated heterocycles. The van der Waals surface area contributed by atoms with E-state index in [4.69, 9.17) is 0 Å². The van der Waals surface area contributed by atoms with E-state index in [1.54, 1.807) is 0 Å². The fraction of sp³-hybridized carbons (Fsp3) is 0.462. The van der Waals surface area contributed by atoms with Crippen LogP contribution in [0, 0.1) is 17.2 Å². The molecule has 0 aliphatic carbocycles. The van der Waals surface area contributed by atoms with Gasteiger partial charge in [-0.2, -0.15) is 5.26 Å². The maximum atomic E-state index is 9.23. The van der Waals surface area contributed by atoms with Crippen molar-refractivity contribution in [3.63, 3.8) is 0 Å². The van der Waals surface area contributed by atoms with Crippen LogP contribution in [0.15, 0.2) is 28.7 Å². The van der Waals surface area contributed by atoms with Gasteiger partial charge in [-0.1, -0.05) is 29.8 Å². The molecule has 1 atom stereocenters. The highest BCUT2D eigenvalue weighted by atomic mass is 79.9. The number of hydrogen-bond donors (Lipinski definition) is 1. The van der Waals surface area contributed by atoms with E-state index in [0.717, 1.165) is 16.6 Å². The first-order chi connectivity index (χ1) is 7.45. The summed E-state index contributed by atoms with van der Waals surface area (Å²) in [6, 6.07) is 10.2. The minimum Gasteiger partial charge on any atom is -0.368 e. The third-order valence-corrected chi connectivity index (χ3v) is 2.86. The van der Waals surface area contributed by atoms with Gasteiger partial charge in [0, 0.05) is 10.2 Å². The Morgan fingerprint density at radius 1 is 1.38 bits per heavy atom. The fourth-order valence-corrected chi connectivity index (χ4v) is 2.06. The Labute approximate surface area is 106 Å². The minimum atomic E-state index is -0.498. The van der Waals surface area contributed by atoms with E-state index in [2.05, 4.69) is 41.2 Å². The molecule has 86 valence electrons. The van der Waals surface area contributed by atoms with Crippen LogP contribution in [0.2, 0.25) is 0 Å². The minimum absolute atomic E-state index is 0.493. The average molecular weight is 281 g/mol. The third kappa shape index (κ3) is 3.86. The van der Waals surface area contributed by atoms with Gasteiger partial charge in [0.2, 0.25) is 0 Å². The number of anilines is 1. The zero-order valence-corrected chi connectivity index (χ0v) is 11.5. The molecule has 1 aromatic carbocycles. The third-order valence-electron chi connectivity index (χ3n) is 2.33. The first-order valence-electron chi connectivity index (χ1n) is 5.40. The van der Waals surface area contributed by atoms with Gasteiger partial charge in [-0.25, -0.2) is 0 Å². The predicted molar refractivity (Wildman–Crippen MR) is 71.2 cm³/mol. The summed E-state index contributed by atoms with van der Waals surface area (Å²) < 4.78 is 1.04. The summed E-state index contributed by atoms with van der Waals surface area (Å²) in [4.78, 5) is 0. The molecule has 0 bridgehead atoms. The van der Waals surface area contributed by atoms with Crippen molar-refractivity contribution in [2.75, 3.05) is 5.32 Å². The highest BCUT2D eigenvalue weighted by Gasteiger charge is 2.24. The van der Waals surface area contributed by atoms with Crippen LogP contribution in [-0.4, -0.2) is 5.54 Å². The number of rotatable bonds is 4. The van der Waals surface area contributed by atoms with E-state index in [9.17, 15) is 5.26 Å². The van der Waals surface area contributed by atoms with Crippen molar-refractivity contribution >= 4 is 21.6 Å². The molecule has 0 spiro atoms. The van der Waals surface area contributed by atoms with Crippen molar-refractivity contribution in [1.82, 2.24) is 0 Å². The second-order valence-electron chi connectivity index (χ2n) is 4.67. The number of nitrogens with zero attached hydrogens (tertiary/aromatic N) is 1. The molecular formula is C13H17BrN2. The first-order valence-corrected chi connectivity index (χ1v) is 6.19. The number of benzene rings is 1. The monoisotopic (exact) mass is 280 g/mol. The average Bonchev–Trinajstić information content (AvgIpc) is 2.20. The molecule has 1 unspecified atom stereocenters. The van der Waals surface area contributed by atoms with Gasteiger partial charge >= 0.3 is 0 Å². The van der Waals surface area contributed by atoms with Crippen molar-refractivity contribution in [2.24, 2.45) is 5.92 Å². The normalized spacial score (nSPS) is 14.2. The molecule has 0 fully saturated rings. The van der Waals surface area contributed by atoms with Crippen LogP contribution >= 0.6 is 15.9 Å². The maximum absolute atomic E-state index is 9.23. The maximum Gasteiger partial charge on any atom is 0.122 e. The van der Waals surface area contributed by atoms with Crippen molar-refractivity contribution in [3.05, 3.63) is 28.7 Å². The SMILES string of the molecule is CC(C)CC(C)(C#N)Nc1ccc(Br)cc1. The van der Waals surface area contributed by atoms with Crippen LogP contribution in [0.25, 0.3) is 0 Å². The Balaban J connectivity index is 2.77. The van der Waals surface area contributed by atoms with Crippen LogP contribution < -0.4 is 5.32 Å². The van der Waals surface area contributed by atoms with Crippen LogP contribution in [-0.2, 0) is 0 Å². The fourth-order valence-electron chi connectivity index (χ4n) is 1.79. The van der Waals surface area contributed by atoms with E-state index in [-0.39, 0.29) is 0 Å². The standard InChI is InChI=1S/C13H17BrN2/c1-10(2)8-13(3,9-15)16-12-6-4-11(14)5-7-12/h4-7,10,16H,8H2,1-3H3. The molecule has 1 aromatic rings. The predicted octanol–water partition coefficient (Wildman–Crippen LogP) is 4.19. The van der Waals surface area contributed by atoms with Crippen LogP contribution in [0.1, 0.15) is 27.2 Å². The summed E-state index contributed by atoms with van der Waals surface area (Å²) in [5.41, 5.74) is 0.482. The van der Waals surface area contributed by atoms with E-state index in [0.29, 0.717) is 5.92 Å². The Morgan fingerprint density at radius 2 is 1.94 bits per heavy atom. The van der Waals surface area contributed by atoms with Crippen molar-refractivity contribution in [1.29, 1.82) is 5.26 Å². The topological polar surface area (TPSA) is 35.8 Å². The van der Waals surface area contributed by atoms with E-state index in [1.807, 2.05) is 31.2 Å². The van der Waals surface area contributed by atoms with E-state index >= 15 is 0 Å². The first kappa shape index (κ1) is 13.1. The van der Waals surface area contributed by atoms with E-state index in [1.165, 1.54) is 0 Å². The van der Waals surface area contributed by atoms with Gasteiger partial charge in [0.15, 0.2) is 0 Å². The molecule has 0 radical (unpaired) electrons. The number of nitriles is 1. The molecule has 0 aliphatic heterocycles. The van der Waals surface area contributed by atoms with Gasteiger partial charge in [-0.3, -0.25) is 0 Å². The van der Waals surface area contributed by atoms with Crippen LogP contribution in [0.3, 0.4) is 0 Å². The lowest BCUT2D eigenvalue weighted by Gasteiger charge is -2.26. The van der Waals surface area contributed by atoms with Gasteiger partial charge < -0.3 is 5.32 Å². The smallest absolute Gasteiger partial charge is 0.122 e. The van der Waals surface area contributed by atoms with Gasteiger partial charge in [0.05, 0.1) is 6.07 Å². The summed E-state index contributed by atoms with van der Waals surface area (Å²) in [6.07, 6.45) is 0.833. The van der Waals surface area contributed by atoms with E-state index < -0.39 is 5.54 Å². The molecule has 0 heterocycles. The van der Waals surface area contributed by atoms with Gasteiger partial charge in [-0.05, 0) is 43.5 Å². The summed E-state index contributed by atoms with van der Waals surface area (Å²) in [6.45, 7) is 6.19. The Bertz CT molecular complexity index is 378. The molecule has 0 aliphatic rings. The summed E-state index contributed by atoms with van der Waals surface area (Å²) in [7, 11) is 0. The van der Waals surface area contributed by atoms with Gasteiger partial charge in [0.1, 0.15) is 5.54 Å². The highest BCUT2D eigenvalue weighted by molar-refractivity contribution is 9.10. The molecule has 1 rings (SSSR count). The summed E-state index contributed by atoms with van der Waals surface area (Å²) >= 11 is 3.39. The lowest BCUT2D eigenvalue weighted by molar-refractivity contribution is 0.474. The van der Waals surface area contributed by atoms with Crippen molar-refractivity contribution in [2.45, 2.75) is 32.7 Å². The largest absolute Gasteiger partial charge is 0.368 e. The molecule has 1 N–H and O–H groups in total. The second-order valence-corrected chi connectivity index (χ2v) is 5.59. The lowest BCUT2D eigenvalue weighted by Crippen LogP contribution is -2.34. The summed E-state index contributed by atoms with van der Waals surface area (Å²) in [5, 5.41) is 12.5. The Morgan fingerprint density at radius 3 is 2.38 bits per heavy atom. The van der Waals surface area contributed by atoms with Crippen LogP contribution in [0.4, 0.5) is 5.69 Å². The molecule has 0 aromatic heterocycles. The Kier molecular flexibility index (Phi) is 4.37. The van der Waals surface area contributed by atoms with Crippen molar-refractivity contribution < 1.29 is 0 Å². The summed E-state index contributed by atoms with van der Waals surface area (Å²) in [5.74, 6) is 0.493. The number of halogens is 1. The molecule has 16 heavy (non-hydrogen) atoms. The molecular weight excluding hydrogens is 264 g/mol. The number of nitrogens with one attached hydrogen (secondary N) is 1. The van der Waals surface area contributed by atoms with Gasteiger partial charge in [0.25, 0.3) is 0 Å². The zero-order valence-electron chi connectivity index (χ0n) is 9.92. The number of hydrogen-bond acceptors (Lipinski definition) is 2. The molecule has 3 heteroatoms. The Hall–Kier alpha value is -1.01. The van der Waals surface area contributed by atoms with Gasteiger partial charge in [-0.15, -0.1) is 0 Å². The van der Waals surface area contributed by atoms with Crippen LogP contribution in [0.5, 0.6) is 0 Å². The second kappa shape index (κ2) is 5.36. The zero-order chi connectivity index (χ0) is 12.2. The highest BCUT2D eigenvalue weighted by Crippen LogP contribution is 2.23. The van der Waals surface area contributed by atoms with Crippen molar-refractivity contribution in [3.8, 4) is 6.07 Å². The quantitative estimate of drug-likeness (QED) is 0.898. The molecule has 0 amide bonds. The molecule has 0 saturated carbocycles.